The summed E-state index contributed by atoms with van der Waals surface area (Å²) in [6, 6.07) is 27.5. The first-order valence-corrected chi connectivity index (χ1v) is 10.5. The van der Waals surface area contributed by atoms with Crippen LogP contribution < -0.4 is 0 Å². The van der Waals surface area contributed by atoms with Crippen molar-refractivity contribution in [1.82, 2.24) is 4.57 Å². The van der Waals surface area contributed by atoms with E-state index in [1.165, 1.54) is 0 Å². The van der Waals surface area contributed by atoms with E-state index in [4.69, 9.17) is 6.42 Å². The Kier molecular flexibility index (Phi) is 4.84. The Balaban J connectivity index is 1.50. The average molecular weight is 419 g/mol. The first-order valence-electron chi connectivity index (χ1n) is 10.5. The van der Waals surface area contributed by atoms with Crippen LogP contribution in [0.25, 0.3) is 10.9 Å². The Labute approximate surface area is 186 Å². The van der Waals surface area contributed by atoms with Gasteiger partial charge in [0.25, 0.3) is 5.91 Å². The lowest BCUT2D eigenvalue weighted by molar-refractivity contribution is -0.119. The Morgan fingerprint density at radius 3 is 2.22 bits per heavy atom. The highest BCUT2D eigenvalue weighted by atomic mass is 16.3. The lowest BCUT2D eigenvalue weighted by Crippen LogP contribution is -2.16. The average Bonchev–Trinajstić information content (AvgIpc) is 3.55. The number of azo groups is 1. The summed E-state index contributed by atoms with van der Waals surface area (Å²) in [6.45, 7) is 0.198. The lowest BCUT2D eigenvalue weighted by atomic mass is 9.85. The van der Waals surface area contributed by atoms with Gasteiger partial charge in [0.2, 0.25) is 5.88 Å². The molecule has 1 atom stereocenters. The van der Waals surface area contributed by atoms with E-state index in [1.807, 2.05) is 60.7 Å². The summed E-state index contributed by atoms with van der Waals surface area (Å²) in [5.41, 5.74) is 2.79. The van der Waals surface area contributed by atoms with Crippen LogP contribution >= 0.6 is 0 Å². The van der Waals surface area contributed by atoms with E-state index < -0.39 is 5.41 Å². The standard InChI is InChI=1S/C27H21N3O2/c1-2-17-30-23-16-10-9-15-21(23)24(26(30)32)28-29-25(31)22-18-27(22,19-11-5-3-6-12-19)20-13-7-4-8-14-20/h1,3-16,22,32H,17-18H2. The Hall–Kier alpha value is -4.17. The molecule has 4 aromatic rings. The van der Waals surface area contributed by atoms with Crippen LogP contribution in [0.3, 0.4) is 0 Å². The molecule has 1 heterocycles. The Morgan fingerprint density at radius 2 is 1.59 bits per heavy atom. The Morgan fingerprint density at radius 1 is 1.00 bits per heavy atom. The zero-order valence-corrected chi connectivity index (χ0v) is 17.3. The second kappa shape index (κ2) is 7.82. The van der Waals surface area contributed by atoms with Crippen molar-refractivity contribution < 1.29 is 9.90 Å². The molecule has 156 valence electrons. The molecule has 1 fully saturated rings. The molecular weight excluding hydrogens is 398 g/mol. The van der Waals surface area contributed by atoms with Crippen LogP contribution in [-0.4, -0.2) is 15.6 Å². The van der Waals surface area contributed by atoms with E-state index in [2.05, 4.69) is 40.4 Å². The predicted octanol–water partition coefficient (Wildman–Crippen LogP) is 5.60. The summed E-state index contributed by atoms with van der Waals surface area (Å²) in [4.78, 5) is 13.1. The molecule has 0 radical (unpaired) electrons. The zero-order valence-electron chi connectivity index (χ0n) is 17.3. The number of benzene rings is 3. The van der Waals surface area contributed by atoms with Crippen molar-refractivity contribution in [2.24, 2.45) is 16.1 Å². The topological polar surface area (TPSA) is 66.9 Å². The fraction of sp³-hybridized carbons (Fsp3) is 0.148. The van der Waals surface area contributed by atoms with Gasteiger partial charge in [0.15, 0.2) is 5.69 Å². The van der Waals surface area contributed by atoms with Crippen LogP contribution in [0.1, 0.15) is 17.5 Å². The molecule has 0 spiro atoms. The van der Waals surface area contributed by atoms with Crippen LogP contribution in [0.15, 0.2) is 95.2 Å². The van der Waals surface area contributed by atoms with Gasteiger partial charge in [-0.3, -0.25) is 9.36 Å². The monoisotopic (exact) mass is 419 g/mol. The van der Waals surface area contributed by atoms with Gasteiger partial charge in [-0.2, -0.15) is 0 Å². The van der Waals surface area contributed by atoms with Crippen molar-refractivity contribution >= 4 is 22.5 Å². The van der Waals surface area contributed by atoms with Crippen molar-refractivity contribution in [3.8, 4) is 18.2 Å². The maximum Gasteiger partial charge on any atom is 0.269 e. The molecule has 1 N–H and O–H groups in total. The number of hydrogen-bond acceptors (Lipinski definition) is 3. The lowest BCUT2D eigenvalue weighted by Gasteiger charge is -2.17. The van der Waals surface area contributed by atoms with Gasteiger partial charge < -0.3 is 5.11 Å². The van der Waals surface area contributed by atoms with Gasteiger partial charge in [-0.05, 0) is 23.6 Å². The van der Waals surface area contributed by atoms with E-state index in [-0.39, 0.29) is 29.9 Å². The predicted molar refractivity (Wildman–Crippen MR) is 124 cm³/mol. The fourth-order valence-electron chi connectivity index (χ4n) is 4.63. The molecule has 0 bridgehead atoms. The minimum Gasteiger partial charge on any atom is -0.493 e. The largest absolute Gasteiger partial charge is 0.493 e. The normalized spacial score (nSPS) is 16.8. The first kappa shape index (κ1) is 19.8. The number of aromatic hydroxyl groups is 1. The summed E-state index contributed by atoms with van der Waals surface area (Å²) in [5, 5.41) is 19.6. The maximum absolute atomic E-state index is 13.1. The van der Waals surface area contributed by atoms with Crippen LogP contribution in [0.2, 0.25) is 0 Å². The third-order valence-corrected chi connectivity index (χ3v) is 6.25. The van der Waals surface area contributed by atoms with E-state index >= 15 is 0 Å². The van der Waals surface area contributed by atoms with Crippen molar-refractivity contribution in [3.05, 3.63) is 96.1 Å². The van der Waals surface area contributed by atoms with Crippen LogP contribution in [0, 0.1) is 18.3 Å². The molecule has 0 saturated heterocycles. The number of rotatable bonds is 5. The van der Waals surface area contributed by atoms with Crippen molar-refractivity contribution in [2.45, 2.75) is 18.4 Å². The van der Waals surface area contributed by atoms with Crippen molar-refractivity contribution in [3.63, 3.8) is 0 Å². The highest BCUT2D eigenvalue weighted by Crippen LogP contribution is 2.59. The second-order valence-electron chi connectivity index (χ2n) is 7.98. The molecule has 0 aliphatic heterocycles. The number of fused-ring (bicyclic) bond motifs is 1. The van der Waals surface area contributed by atoms with Gasteiger partial charge in [-0.1, -0.05) is 84.8 Å². The number of terminal acetylenes is 1. The fourth-order valence-corrected chi connectivity index (χ4v) is 4.63. The highest BCUT2D eigenvalue weighted by Gasteiger charge is 2.60. The number of nitrogens with zero attached hydrogens (tertiary/aromatic N) is 3. The van der Waals surface area contributed by atoms with E-state index in [1.54, 1.807) is 4.57 Å². The quantitative estimate of drug-likeness (QED) is 0.338. The summed E-state index contributed by atoms with van der Waals surface area (Å²) in [7, 11) is 0. The van der Waals surface area contributed by atoms with Gasteiger partial charge in [0.1, 0.15) is 0 Å². The molecule has 1 unspecified atom stereocenters. The summed E-state index contributed by atoms with van der Waals surface area (Å²) in [6.07, 6.45) is 6.12. The summed E-state index contributed by atoms with van der Waals surface area (Å²) < 4.78 is 1.59. The second-order valence-corrected chi connectivity index (χ2v) is 7.98. The van der Waals surface area contributed by atoms with E-state index in [0.29, 0.717) is 11.8 Å². The molecule has 1 aromatic heterocycles. The number of aromatic nitrogens is 1. The highest BCUT2D eigenvalue weighted by molar-refractivity contribution is 5.95. The van der Waals surface area contributed by atoms with Gasteiger partial charge >= 0.3 is 0 Å². The van der Waals surface area contributed by atoms with E-state index in [0.717, 1.165) is 16.6 Å². The van der Waals surface area contributed by atoms with Gasteiger partial charge in [-0.15, -0.1) is 16.7 Å². The minimum atomic E-state index is -0.405. The maximum atomic E-state index is 13.1. The molecule has 5 nitrogen and oxygen atoms in total. The van der Waals surface area contributed by atoms with E-state index in [9.17, 15) is 9.90 Å². The number of para-hydroxylation sites is 1. The van der Waals surface area contributed by atoms with Gasteiger partial charge in [0, 0.05) is 10.8 Å². The number of amides is 1. The molecule has 1 saturated carbocycles. The molecule has 5 heteroatoms. The SMILES string of the molecule is C#CCn1c(O)c(N=NC(=O)C2CC2(c2ccccc2)c2ccccc2)c2ccccc21. The molecular formula is C27H21N3O2. The first-order chi connectivity index (χ1) is 15.7. The van der Waals surface area contributed by atoms with Crippen LogP contribution in [0.4, 0.5) is 5.69 Å². The molecule has 1 aliphatic carbocycles. The Bertz CT molecular complexity index is 1330. The van der Waals surface area contributed by atoms with Crippen molar-refractivity contribution in [1.29, 1.82) is 0 Å². The third-order valence-electron chi connectivity index (χ3n) is 6.25. The smallest absolute Gasteiger partial charge is 0.269 e. The zero-order chi connectivity index (χ0) is 22.1. The van der Waals surface area contributed by atoms with Crippen molar-refractivity contribution in [2.75, 3.05) is 0 Å². The summed E-state index contributed by atoms with van der Waals surface area (Å²) >= 11 is 0. The summed E-state index contributed by atoms with van der Waals surface area (Å²) in [5.74, 6) is 1.84. The van der Waals surface area contributed by atoms with Gasteiger partial charge in [0.05, 0.1) is 18.0 Å². The molecule has 1 amide bonds. The minimum absolute atomic E-state index is 0.0890. The number of hydrogen-bond donors (Lipinski definition) is 1. The molecule has 3 aromatic carbocycles. The third kappa shape index (κ3) is 3.09. The number of carbonyl (C=O) groups excluding carboxylic acids is 1. The van der Waals surface area contributed by atoms with Crippen LogP contribution in [0.5, 0.6) is 5.88 Å². The van der Waals surface area contributed by atoms with Gasteiger partial charge in [-0.25, -0.2) is 0 Å². The van der Waals surface area contributed by atoms with Crippen LogP contribution in [-0.2, 0) is 16.8 Å². The number of carbonyl (C=O) groups is 1. The molecule has 5 rings (SSSR count). The molecule has 32 heavy (non-hydrogen) atoms. The molecule has 1 aliphatic rings.